The second-order valence-electron chi connectivity index (χ2n) is 6.37. The quantitative estimate of drug-likeness (QED) is 0.358. The molecule has 0 unspecified atom stereocenters. The third-order valence-corrected chi connectivity index (χ3v) is 4.33. The molecule has 4 aromatic rings. The maximum absolute atomic E-state index is 9.13. The van der Waals surface area contributed by atoms with Crippen molar-refractivity contribution in [2.75, 3.05) is 0 Å². The van der Waals surface area contributed by atoms with Crippen LogP contribution in [-0.4, -0.2) is 9.97 Å². The molecule has 4 rings (SSSR count). The van der Waals surface area contributed by atoms with E-state index in [0.29, 0.717) is 34.2 Å². The molecule has 0 bridgehead atoms. The van der Waals surface area contributed by atoms with Crippen molar-refractivity contribution in [2.45, 2.75) is 0 Å². The molecule has 0 saturated heterocycles. The van der Waals surface area contributed by atoms with E-state index in [9.17, 15) is 0 Å². The maximum Gasteiger partial charge on any atom is 0.224 e. The normalized spacial score (nSPS) is 10.0. The summed E-state index contributed by atoms with van der Waals surface area (Å²) in [5, 5.41) is 18.5. The van der Waals surface area contributed by atoms with Gasteiger partial charge in [-0.3, -0.25) is 0 Å². The minimum atomic E-state index is 0.258. The van der Waals surface area contributed by atoms with Crippen molar-refractivity contribution in [1.29, 1.82) is 10.5 Å². The smallest absolute Gasteiger partial charge is 0.224 e. The standard InChI is InChI=1S/C24H13ClN4O2/c25-22-13-23(29-24(28-22)18-5-2-1-3-6-18)31-20-8-4-7-19(12-20)30-21-10-16(14-26)9-17(11-21)15-27/h1-13H. The molecule has 0 N–H and O–H groups in total. The predicted octanol–water partition coefficient (Wildman–Crippen LogP) is 6.12. The number of rotatable bonds is 5. The zero-order chi connectivity index (χ0) is 21.6. The van der Waals surface area contributed by atoms with Gasteiger partial charge >= 0.3 is 0 Å². The number of aromatic nitrogens is 2. The van der Waals surface area contributed by atoms with Gasteiger partial charge in [-0.15, -0.1) is 0 Å². The van der Waals surface area contributed by atoms with E-state index >= 15 is 0 Å². The summed E-state index contributed by atoms with van der Waals surface area (Å²) in [6, 6.07) is 26.5. The molecule has 148 valence electrons. The van der Waals surface area contributed by atoms with Crippen LogP contribution in [0.25, 0.3) is 11.4 Å². The van der Waals surface area contributed by atoms with Gasteiger partial charge in [-0.05, 0) is 30.3 Å². The van der Waals surface area contributed by atoms with Crippen LogP contribution in [0.1, 0.15) is 11.1 Å². The van der Waals surface area contributed by atoms with Crippen molar-refractivity contribution in [3.05, 3.63) is 95.1 Å². The van der Waals surface area contributed by atoms with Gasteiger partial charge in [-0.25, -0.2) is 4.98 Å². The van der Waals surface area contributed by atoms with E-state index in [1.54, 1.807) is 36.4 Å². The van der Waals surface area contributed by atoms with Gasteiger partial charge in [0.1, 0.15) is 22.4 Å². The Morgan fingerprint density at radius 2 is 1.35 bits per heavy atom. The van der Waals surface area contributed by atoms with Gasteiger partial charge in [0.25, 0.3) is 0 Å². The topological polar surface area (TPSA) is 91.8 Å². The largest absolute Gasteiger partial charge is 0.457 e. The first-order valence-electron chi connectivity index (χ1n) is 9.14. The third-order valence-electron chi connectivity index (χ3n) is 4.13. The van der Waals surface area contributed by atoms with Gasteiger partial charge in [-0.2, -0.15) is 15.5 Å². The van der Waals surface area contributed by atoms with Crippen LogP contribution in [-0.2, 0) is 0 Å². The van der Waals surface area contributed by atoms with E-state index < -0.39 is 0 Å². The number of benzene rings is 3. The average molecular weight is 425 g/mol. The van der Waals surface area contributed by atoms with Crippen LogP contribution in [0.15, 0.2) is 78.9 Å². The van der Waals surface area contributed by atoms with Crippen LogP contribution in [0.2, 0.25) is 5.15 Å². The molecule has 7 heteroatoms. The Balaban J connectivity index is 1.58. The molecule has 0 aliphatic rings. The molecule has 1 heterocycles. The van der Waals surface area contributed by atoms with E-state index in [0.717, 1.165) is 5.56 Å². The van der Waals surface area contributed by atoms with Crippen molar-refractivity contribution < 1.29 is 9.47 Å². The highest BCUT2D eigenvalue weighted by molar-refractivity contribution is 6.29. The highest BCUT2D eigenvalue weighted by Gasteiger charge is 2.09. The lowest BCUT2D eigenvalue weighted by Gasteiger charge is -2.10. The molecule has 0 aliphatic carbocycles. The fourth-order valence-corrected chi connectivity index (χ4v) is 2.98. The summed E-state index contributed by atoms with van der Waals surface area (Å²) in [5.74, 6) is 2.06. The Morgan fingerprint density at radius 1 is 0.677 bits per heavy atom. The third kappa shape index (κ3) is 4.97. The van der Waals surface area contributed by atoms with Crippen molar-refractivity contribution in [1.82, 2.24) is 9.97 Å². The number of ether oxygens (including phenoxy) is 2. The summed E-state index contributed by atoms with van der Waals surface area (Å²) < 4.78 is 11.7. The van der Waals surface area contributed by atoms with E-state index in [1.165, 1.54) is 12.1 Å². The minimum Gasteiger partial charge on any atom is -0.457 e. The van der Waals surface area contributed by atoms with Gasteiger partial charge in [0.15, 0.2) is 5.82 Å². The highest BCUT2D eigenvalue weighted by atomic mass is 35.5. The van der Waals surface area contributed by atoms with Gasteiger partial charge < -0.3 is 9.47 Å². The monoisotopic (exact) mass is 424 g/mol. The lowest BCUT2D eigenvalue weighted by atomic mass is 10.1. The van der Waals surface area contributed by atoms with Crippen molar-refractivity contribution in [2.24, 2.45) is 0 Å². The van der Waals surface area contributed by atoms with Crippen molar-refractivity contribution >= 4 is 11.6 Å². The van der Waals surface area contributed by atoms with Crippen LogP contribution in [0.5, 0.6) is 23.1 Å². The van der Waals surface area contributed by atoms with Crippen molar-refractivity contribution in [3.8, 4) is 46.7 Å². The first kappa shape index (κ1) is 19.9. The number of nitrogens with zero attached hydrogens (tertiary/aromatic N) is 4. The molecule has 0 radical (unpaired) electrons. The van der Waals surface area contributed by atoms with Crippen LogP contribution in [0.3, 0.4) is 0 Å². The van der Waals surface area contributed by atoms with E-state index in [2.05, 4.69) is 9.97 Å². The second-order valence-corrected chi connectivity index (χ2v) is 6.75. The molecule has 0 atom stereocenters. The minimum absolute atomic E-state index is 0.258. The molecular formula is C24H13ClN4O2. The first-order chi connectivity index (χ1) is 15.1. The van der Waals surface area contributed by atoms with Crippen LogP contribution >= 0.6 is 11.6 Å². The highest BCUT2D eigenvalue weighted by Crippen LogP contribution is 2.30. The molecule has 0 amide bonds. The van der Waals surface area contributed by atoms with Crippen LogP contribution in [0.4, 0.5) is 0 Å². The second kappa shape index (κ2) is 8.96. The molecule has 31 heavy (non-hydrogen) atoms. The molecule has 6 nitrogen and oxygen atoms in total. The van der Waals surface area contributed by atoms with E-state index in [-0.39, 0.29) is 11.0 Å². The summed E-state index contributed by atoms with van der Waals surface area (Å²) in [6.07, 6.45) is 0. The Labute approximate surface area is 183 Å². The summed E-state index contributed by atoms with van der Waals surface area (Å²) in [4.78, 5) is 8.68. The van der Waals surface area contributed by atoms with Crippen LogP contribution < -0.4 is 9.47 Å². The van der Waals surface area contributed by atoms with Crippen molar-refractivity contribution in [3.63, 3.8) is 0 Å². The fourth-order valence-electron chi connectivity index (χ4n) is 2.81. The van der Waals surface area contributed by atoms with Crippen LogP contribution in [0, 0.1) is 22.7 Å². The summed E-state index contributed by atoms with van der Waals surface area (Å²) in [6.45, 7) is 0. The summed E-state index contributed by atoms with van der Waals surface area (Å²) in [5.41, 5.74) is 1.49. The average Bonchev–Trinajstić information content (AvgIpc) is 2.79. The van der Waals surface area contributed by atoms with E-state index in [4.69, 9.17) is 31.6 Å². The molecule has 1 aromatic heterocycles. The van der Waals surface area contributed by atoms with Gasteiger partial charge in [0.2, 0.25) is 5.88 Å². The molecule has 0 spiro atoms. The summed E-state index contributed by atoms with van der Waals surface area (Å²) >= 11 is 6.15. The summed E-state index contributed by atoms with van der Waals surface area (Å²) in [7, 11) is 0. The number of nitriles is 2. The number of hydrogen-bond acceptors (Lipinski definition) is 6. The Morgan fingerprint density at radius 3 is 2.03 bits per heavy atom. The maximum atomic E-state index is 9.13. The zero-order valence-corrected chi connectivity index (χ0v) is 16.7. The molecule has 0 saturated carbocycles. The lowest BCUT2D eigenvalue weighted by molar-refractivity contribution is 0.448. The molecular weight excluding hydrogens is 412 g/mol. The Hall–Kier alpha value is -4.39. The van der Waals surface area contributed by atoms with Gasteiger partial charge in [0, 0.05) is 17.7 Å². The lowest BCUT2D eigenvalue weighted by Crippen LogP contribution is -1.94. The molecule has 0 fully saturated rings. The van der Waals surface area contributed by atoms with Gasteiger partial charge in [-0.1, -0.05) is 48.0 Å². The fraction of sp³-hybridized carbons (Fsp3) is 0. The SMILES string of the molecule is N#Cc1cc(C#N)cc(Oc2cccc(Oc3cc(Cl)nc(-c4ccccc4)n3)c2)c1. The molecule has 3 aromatic carbocycles. The number of hydrogen-bond donors (Lipinski definition) is 0. The van der Waals surface area contributed by atoms with Gasteiger partial charge in [0.05, 0.1) is 23.3 Å². The van der Waals surface area contributed by atoms with E-state index in [1.807, 2.05) is 42.5 Å². The number of halogens is 1. The predicted molar refractivity (Wildman–Crippen MR) is 115 cm³/mol. The Bertz CT molecular complexity index is 1300. The molecule has 0 aliphatic heterocycles. The Kier molecular flexibility index (Phi) is 5.75. The zero-order valence-electron chi connectivity index (χ0n) is 16.0. The first-order valence-corrected chi connectivity index (χ1v) is 9.52.